The van der Waals surface area contributed by atoms with Crippen LogP contribution >= 0.6 is 11.3 Å². The minimum atomic E-state index is -1.32. The van der Waals surface area contributed by atoms with E-state index in [4.69, 9.17) is 10.5 Å². The van der Waals surface area contributed by atoms with Crippen LogP contribution in [0.3, 0.4) is 0 Å². The van der Waals surface area contributed by atoms with Crippen molar-refractivity contribution in [2.24, 2.45) is 0 Å². The largest absolute Gasteiger partial charge is 0.394 e. The van der Waals surface area contributed by atoms with Gasteiger partial charge in [0, 0.05) is 9.58 Å². The molecule has 1 aliphatic heterocycles. The van der Waals surface area contributed by atoms with Gasteiger partial charge in [0.1, 0.15) is 18.3 Å². The van der Waals surface area contributed by atoms with E-state index in [1.165, 1.54) is 15.5 Å². The first kappa shape index (κ1) is 19.2. The van der Waals surface area contributed by atoms with Crippen molar-refractivity contribution in [1.82, 2.24) is 19.1 Å². The number of aliphatic hydroxyl groups excluding tert-OH is 3. The fourth-order valence-corrected chi connectivity index (χ4v) is 4.79. The van der Waals surface area contributed by atoms with Gasteiger partial charge in [-0.05, 0) is 17.5 Å². The number of nitrogen functional groups attached to an aromatic ring is 1. The zero-order chi connectivity index (χ0) is 21.0. The fourth-order valence-electron chi connectivity index (χ4n) is 3.74. The van der Waals surface area contributed by atoms with Crippen molar-refractivity contribution in [3.8, 4) is 0 Å². The molecule has 0 amide bonds. The Morgan fingerprint density at radius 2 is 2.03 bits per heavy atom. The summed E-state index contributed by atoms with van der Waals surface area (Å²) in [5, 5.41) is 30.6. The zero-order valence-electron chi connectivity index (χ0n) is 15.6. The van der Waals surface area contributed by atoms with Crippen molar-refractivity contribution >= 4 is 38.5 Å². The number of aromatic nitrogens is 4. The standard InChI is InChI=1S/C19H19N5O5S/c20-19-22-16-13(21-8-24(16)18-15(27)14(26)11(7-25)29-18)17(28)23(19)6-10-5-9-3-1-2-4-12(9)30-10/h1-5,8,11,14-15,18,25-27H,6-7H2,(H2,20,22)/t11-,14-,15-,18-/m1/s1. The molecule has 1 aliphatic rings. The molecule has 1 fully saturated rings. The number of imidazole rings is 1. The molecule has 156 valence electrons. The maximum Gasteiger partial charge on any atom is 0.283 e. The van der Waals surface area contributed by atoms with Crippen molar-refractivity contribution < 1.29 is 20.1 Å². The Bertz CT molecular complexity index is 1260. The van der Waals surface area contributed by atoms with Crippen LogP contribution in [0.1, 0.15) is 11.1 Å². The first-order valence-electron chi connectivity index (χ1n) is 9.30. The number of ether oxygens (including phenoxy) is 1. The molecule has 3 aromatic heterocycles. The average Bonchev–Trinajstić information content (AvgIpc) is 3.41. The fraction of sp³-hybridized carbons (Fsp3) is 0.316. The second-order valence-corrected chi connectivity index (χ2v) is 8.33. The molecule has 0 aliphatic carbocycles. The van der Waals surface area contributed by atoms with Gasteiger partial charge in [-0.15, -0.1) is 11.3 Å². The highest BCUT2D eigenvalue weighted by atomic mass is 32.1. The van der Waals surface area contributed by atoms with Crippen molar-refractivity contribution in [2.45, 2.75) is 31.1 Å². The molecule has 5 N–H and O–H groups in total. The maximum absolute atomic E-state index is 13.0. The van der Waals surface area contributed by atoms with Gasteiger partial charge in [0.25, 0.3) is 5.56 Å². The predicted octanol–water partition coefficient (Wildman–Crippen LogP) is 0.0497. The molecular weight excluding hydrogens is 410 g/mol. The second-order valence-electron chi connectivity index (χ2n) is 7.16. The second kappa shape index (κ2) is 7.15. The van der Waals surface area contributed by atoms with Crippen LogP contribution in [0.4, 0.5) is 5.95 Å². The van der Waals surface area contributed by atoms with Crippen LogP contribution in [0.15, 0.2) is 41.5 Å². The first-order chi connectivity index (χ1) is 14.5. The number of hydrogen-bond acceptors (Lipinski definition) is 9. The van der Waals surface area contributed by atoms with Gasteiger partial charge in [0.2, 0.25) is 5.95 Å². The summed E-state index contributed by atoms with van der Waals surface area (Å²) >= 11 is 1.57. The number of anilines is 1. The van der Waals surface area contributed by atoms with Gasteiger partial charge < -0.3 is 25.8 Å². The maximum atomic E-state index is 13.0. The third-order valence-corrected chi connectivity index (χ3v) is 6.39. The number of nitrogens with two attached hydrogens (primary N) is 1. The van der Waals surface area contributed by atoms with Crippen LogP contribution in [0.25, 0.3) is 21.3 Å². The Morgan fingerprint density at radius 1 is 1.23 bits per heavy atom. The topological polar surface area (TPSA) is 149 Å². The van der Waals surface area contributed by atoms with Crippen molar-refractivity contribution in [2.75, 3.05) is 12.3 Å². The third kappa shape index (κ3) is 2.90. The molecule has 10 nitrogen and oxygen atoms in total. The molecule has 1 saturated heterocycles. The summed E-state index contributed by atoms with van der Waals surface area (Å²) in [6.07, 6.45) is -3.28. The Labute approximate surface area is 173 Å². The number of rotatable bonds is 4. The lowest BCUT2D eigenvalue weighted by molar-refractivity contribution is -0.0511. The van der Waals surface area contributed by atoms with Gasteiger partial charge in [0.05, 0.1) is 19.5 Å². The minimum absolute atomic E-state index is 0.00144. The summed E-state index contributed by atoms with van der Waals surface area (Å²) in [7, 11) is 0. The summed E-state index contributed by atoms with van der Waals surface area (Å²) in [5.74, 6) is -0.00144. The summed E-state index contributed by atoms with van der Waals surface area (Å²) in [5.41, 5.74) is 5.89. The number of hydrogen-bond donors (Lipinski definition) is 4. The molecule has 0 radical (unpaired) electrons. The van der Waals surface area contributed by atoms with Crippen LogP contribution in [0.2, 0.25) is 0 Å². The molecule has 0 unspecified atom stereocenters. The number of fused-ring (bicyclic) bond motifs is 2. The minimum Gasteiger partial charge on any atom is -0.394 e. The lowest BCUT2D eigenvalue weighted by Gasteiger charge is -2.17. The number of aliphatic hydroxyl groups is 3. The Hall–Kier alpha value is -2.83. The third-order valence-electron chi connectivity index (χ3n) is 5.29. The molecule has 0 bridgehead atoms. The Kier molecular flexibility index (Phi) is 4.56. The van der Waals surface area contributed by atoms with E-state index in [1.54, 1.807) is 11.3 Å². The van der Waals surface area contributed by atoms with Crippen molar-refractivity contribution in [3.63, 3.8) is 0 Å². The van der Waals surface area contributed by atoms with Gasteiger partial charge in [-0.3, -0.25) is 13.9 Å². The zero-order valence-corrected chi connectivity index (χ0v) is 16.4. The van der Waals surface area contributed by atoms with E-state index in [1.807, 2.05) is 30.3 Å². The van der Waals surface area contributed by atoms with E-state index in [0.717, 1.165) is 15.0 Å². The van der Waals surface area contributed by atoms with Crippen molar-refractivity contribution in [1.29, 1.82) is 0 Å². The van der Waals surface area contributed by atoms with Crippen LogP contribution in [-0.2, 0) is 11.3 Å². The molecule has 4 aromatic rings. The van der Waals surface area contributed by atoms with E-state index in [9.17, 15) is 20.1 Å². The van der Waals surface area contributed by atoms with Crippen molar-refractivity contribution in [3.05, 3.63) is 51.9 Å². The van der Waals surface area contributed by atoms with Crippen LogP contribution in [0, 0.1) is 0 Å². The SMILES string of the molecule is Nc1nc2c(ncn2[C@@H]2O[C@H](CO)[C@@H](O)[C@H]2O)c(=O)n1Cc1cc2ccccc2s1. The molecular formula is C19H19N5O5S. The van der Waals surface area contributed by atoms with Gasteiger partial charge in [-0.1, -0.05) is 18.2 Å². The highest BCUT2D eigenvalue weighted by molar-refractivity contribution is 7.19. The highest BCUT2D eigenvalue weighted by Crippen LogP contribution is 2.31. The summed E-state index contributed by atoms with van der Waals surface area (Å²) in [6.45, 7) is -0.202. The normalized spacial score (nSPS) is 24.2. The lowest BCUT2D eigenvalue weighted by atomic mass is 10.1. The molecule has 4 heterocycles. The molecule has 5 rings (SSSR count). The summed E-state index contributed by atoms with van der Waals surface area (Å²) in [6, 6.07) is 9.94. The van der Waals surface area contributed by atoms with Crippen LogP contribution < -0.4 is 11.3 Å². The predicted molar refractivity (Wildman–Crippen MR) is 110 cm³/mol. The molecule has 0 spiro atoms. The monoisotopic (exact) mass is 429 g/mol. The molecule has 11 heteroatoms. The average molecular weight is 429 g/mol. The van der Waals surface area contributed by atoms with Crippen LogP contribution in [-0.4, -0.2) is 59.3 Å². The van der Waals surface area contributed by atoms with Gasteiger partial charge >= 0.3 is 0 Å². The van der Waals surface area contributed by atoms with Crippen LogP contribution in [0.5, 0.6) is 0 Å². The van der Waals surface area contributed by atoms with Gasteiger partial charge in [-0.2, -0.15) is 4.98 Å². The summed E-state index contributed by atoms with van der Waals surface area (Å²) < 4.78 is 9.32. The number of benzene rings is 1. The van der Waals surface area contributed by atoms with Gasteiger partial charge in [0.15, 0.2) is 17.4 Å². The molecule has 30 heavy (non-hydrogen) atoms. The molecule has 4 atom stereocenters. The molecule has 1 aromatic carbocycles. The Balaban J connectivity index is 1.54. The van der Waals surface area contributed by atoms with E-state index in [-0.39, 0.29) is 23.7 Å². The quantitative estimate of drug-likeness (QED) is 0.356. The smallest absolute Gasteiger partial charge is 0.283 e. The number of thiophene rings is 1. The molecule has 0 saturated carbocycles. The van der Waals surface area contributed by atoms with E-state index < -0.39 is 36.7 Å². The van der Waals surface area contributed by atoms with E-state index in [2.05, 4.69) is 9.97 Å². The Morgan fingerprint density at radius 3 is 2.77 bits per heavy atom. The van der Waals surface area contributed by atoms with E-state index in [0.29, 0.717) is 0 Å². The highest BCUT2D eigenvalue weighted by Gasteiger charge is 2.44. The number of nitrogens with zero attached hydrogens (tertiary/aromatic N) is 4. The first-order valence-corrected chi connectivity index (χ1v) is 10.1. The lowest BCUT2D eigenvalue weighted by Crippen LogP contribution is -2.33. The van der Waals surface area contributed by atoms with E-state index >= 15 is 0 Å². The van der Waals surface area contributed by atoms with Gasteiger partial charge in [-0.25, -0.2) is 4.98 Å². The summed E-state index contributed by atoms with van der Waals surface area (Å²) in [4.78, 5) is 22.4.